The number of hydrogen-bond acceptors (Lipinski definition) is 3. The molecule has 2 rings (SSSR count). The van der Waals surface area contributed by atoms with Crippen LogP contribution in [0.25, 0.3) is 0 Å². The van der Waals surface area contributed by atoms with Crippen LogP contribution in [0.2, 0.25) is 0 Å². The second-order valence-corrected chi connectivity index (χ2v) is 5.52. The van der Waals surface area contributed by atoms with Gasteiger partial charge >= 0.3 is 0 Å². The Morgan fingerprint density at radius 2 is 2.05 bits per heavy atom. The van der Waals surface area contributed by atoms with E-state index >= 15 is 0 Å². The van der Waals surface area contributed by atoms with E-state index in [-0.39, 0.29) is 17.9 Å². The third-order valence-corrected chi connectivity index (χ3v) is 3.72. The topological polar surface area (TPSA) is 61.8 Å². The lowest BCUT2D eigenvalue weighted by Gasteiger charge is -2.21. The van der Waals surface area contributed by atoms with Gasteiger partial charge in [0.05, 0.1) is 6.04 Å². The average molecular weight is 287 g/mol. The molecule has 1 aromatic rings. The zero-order chi connectivity index (χ0) is 15.6. The molecule has 1 atom stereocenters. The molecule has 1 N–H and O–H groups in total. The van der Waals surface area contributed by atoms with Crippen LogP contribution in [0.5, 0.6) is 0 Å². The highest BCUT2D eigenvalue weighted by molar-refractivity contribution is 6.39. The first-order valence-corrected chi connectivity index (χ1v) is 7.10. The number of aryl methyl sites for hydroxylation is 2. The first-order chi connectivity index (χ1) is 9.88. The van der Waals surface area contributed by atoms with Crippen LogP contribution in [0, 0.1) is 13.8 Å². The standard InChI is InChI=1S/C16H21N3O2/c1-10-5-6-11(2)13(9-10)12(3)17-16(21)14-7-8-15(20)19(4)18-14/h5-6,9,12H,7-8H2,1-4H3,(H,17,21). The van der Waals surface area contributed by atoms with Gasteiger partial charge in [0.15, 0.2) is 0 Å². The van der Waals surface area contributed by atoms with E-state index in [0.717, 1.165) is 16.7 Å². The fraction of sp³-hybridized carbons (Fsp3) is 0.438. The Balaban J connectivity index is 2.11. The van der Waals surface area contributed by atoms with Crippen molar-refractivity contribution in [3.63, 3.8) is 0 Å². The molecule has 21 heavy (non-hydrogen) atoms. The first kappa shape index (κ1) is 15.2. The molecule has 0 saturated heterocycles. The zero-order valence-electron chi connectivity index (χ0n) is 12.9. The van der Waals surface area contributed by atoms with Crippen LogP contribution in [0.4, 0.5) is 0 Å². The molecule has 0 saturated carbocycles. The minimum Gasteiger partial charge on any atom is -0.344 e. The second kappa shape index (κ2) is 6.08. The lowest BCUT2D eigenvalue weighted by molar-refractivity contribution is -0.130. The fourth-order valence-corrected chi connectivity index (χ4v) is 2.42. The Morgan fingerprint density at radius 3 is 2.71 bits per heavy atom. The summed E-state index contributed by atoms with van der Waals surface area (Å²) < 4.78 is 0. The van der Waals surface area contributed by atoms with Crippen LogP contribution in [0.1, 0.15) is 42.5 Å². The summed E-state index contributed by atoms with van der Waals surface area (Å²) in [6.45, 7) is 6.02. The molecule has 1 aromatic carbocycles. The Labute approximate surface area is 125 Å². The lowest BCUT2D eigenvalue weighted by atomic mass is 9.99. The normalized spacial score (nSPS) is 16.5. The molecule has 0 fully saturated rings. The van der Waals surface area contributed by atoms with Gasteiger partial charge in [-0.05, 0) is 31.9 Å². The number of amides is 2. The Hall–Kier alpha value is -2.17. The minimum absolute atomic E-state index is 0.0610. The van der Waals surface area contributed by atoms with Crippen LogP contribution < -0.4 is 5.32 Å². The van der Waals surface area contributed by atoms with Crippen molar-refractivity contribution in [1.82, 2.24) is 10.3 Å². The van der Waals surface area contributed by atoms with E-state index in [1.807, 2.05) is 20.8 Å². The molecule has 0 aromatic heterocycles. The molecule has 112 valence electrons. The van der Waals surface area contributed by atoms with Crippen LogP contribution in [-0.2, 0) is 9.59 Å². The predicted molar refractivity (Wildman–Crippen MR) is 81.9 cm³/mol. The maximum Gasteiger partial charge on any atom is 0.267 e. The van der Waals surface area contributed by atoms with E-state index in [4.69, 9.17) is 0 Å². The SMILES string of the molecule is Cc1ccc(C)c(C(C)NC(=O)C2=NN(C)C(=O)CC2)c1. The number of nitrogens with zero attached hydrogens (tertiary/aromatic N) is 2. The van der Waals surface area contributed by atoms with Crippen molar-refractivity contribution in [2.45, 2.75) is 39.7 Å². The van der Waals surface area contributed by atoms with Crippen LogP contribution in [0.3, 0.4) is 0 Å². The number of hydrazone groups is 1. The molecule has 0 bridgehead atoms. The summed E-state index contributed by atoms with van der Waals surface area (Å²) in [7, 11) is 1.57. The van der Waals surface area contributed by atoms with E-state index < -0.39 is 0 Å². The van der Waals surface area contributed by atoms with Crippen LogP contribution in [0.15, 0.2) is 23.3 Å². The summed E-state index contributed by atoms with van der Waals surface area (Å²) in [5, 5.41) is 8.24. The number of carbonyl (C=O) groups is 2. The average Bonchev–Trinajstić information content (AvgIpc) is 2.44. The van der Waals surface area contributed by atoms with Crippen molar-refractivity contribution in [3.05, 3.63) is 34.9 Å². The number of hydrogen-bond donors (Lipinski definition) is 1. The molecular formula is C16H21N3O2. The number of carbonyl (C=O) groups excluding carboxylic acids is 2. The van der Waals surface area contributed by atoms with E-state index in [1.165, 1.54) is 5.01 Å². The summed E-state index contributed by atoms with van der Waals surface area (Å²) in [5.74, 6) is -0.267. The quantitative estimate of drug-likeness (QED) is 0.925. The smallest absolute Gasteiger partial charge is 0.267 e. The monoisotopic (exact) mass is 287 g/mol. The van der Waals surface area contributed by atoms with E-state index in [0.29, 0.717) is 18.6 Å². The Morgan fingerprint density at radius 1 is 1.33 bits per heavy atom. The Bertz CT molecular complexity index is 608. The molecule has 0 radical (unpaired) electrons. The third-order valence-electron chi connectivity index (χ3n) is 3.72. The molecule has 1 aliphatic heterocycles. The lowest BCUT2D eigenvalue weighted by Crippen LogP contribution is -2.38. The van der Waals surface area contributed by atoms with Crippen LogP contribution >= 0.6 is 0 Å². The molecule has 1 heterocycles. The van der Waals surface area contributed by atoms with Crippen LogP contribution in [-0.4, -0.2) is 29.6 Å². The second-order valence-electron chi connectivity index (χ2n) is 5.52. The number of rotatable bonds is 3. The van der Waals surface area contributed by atoms with Crippen molar-refractivity contribution in [3.8, 4) is 0 Å². The predicted octanol–water partition coefficient (Wildman–Crippen LogP) is 2.09. The van der Waals surface area contributed by atoms with Gasteiger partial charge in [0.25, 0.3) is 5.91 Å². The van der Waals surface area contributed by atoms with Crippen molar-refractivity contribution in [1.29, 1.82) is 0 Å². The first-order valence-electron chi connectivity index (χ1n) is 7.10. The molecule has 1 aliphatic rings. The summed E-state index contributed by atoms with van der Waals surface area (Å²) in [4.78, 5) is 23.6. The maximum atomic E-state index is 12.3. The van der Waals surface area contributed by atoms with Gasteiger partial charge < -0.3 is 5.32 Å². The van der Waals surface area contributed by atoms with Gasteiger partial charge in [-0.15, -0.1) is 0 Å². The van der Waals surface area contributed by atoms with Gasteiger partial charge in [-0.3, -0.25) is 9.59 Å². The largest absolute Gasteiger partial charge is 0.344 e. The number of nitrogens with one attached hydrogen (secondary N) is 1. The highest BCUT2D eigenvalue weighted by atomic mass is 16.2. The van der Waals surface area contributed by atoms with Gasteiger partial charge in [0.1, 0.15) is 5.71 Å². The summed E-state index contributed by atoms with van der Waals surface area (Å²) >= 11 is 0. The molecule has 2 amide bonds. The summed E-state index contributed by atoms with van der Waals surface area (Å²) in [6.07, 6.45) is 0.731. The molecule has 5 heteroatoms. The maximum absolute atomic E-state index is 12.3. The highest BCUT2D eigenvalue weighted by Gasteiger charge is 2.23. The summed E-state index contributed by atoms with van der Waals surface area (Å²) in [5.41, 5.74) is 3.82. The molecule has 5 nitrogen and oxygen atoms in total. The van der Waals surface area contributed by atoms with Gasteiger partial charge in [-0.2, -0.15) is 5.10 Å². The molecule has 0 aliphatic carbocycles. The number of benzene rings is 1. The van der Waals surface area contributed by atoms with Gasteiger partial charge in [0.2, 0.25) is 5.91 Å². The fourth-order valence-electron chi connectivity index (χ4n) is 2.42. The highest BCUT2D eigenvalue weighted by Crippen LogP contribution is 2.19. The van der Waals surface area contributed by atoms with Crippen molar-refractivity contribution in [2.75, 3.05) is 7.05 Å². The van der Waals surface area contributed by atoms with Crippen molar-refractivity contribution >= 4 is 17.5 Å². The van der Waals surface area contributed by atoms with Gasteiger partial charge in [-0.1, -0.05) is 23.8 Å². The molecular weight excluding hydrogens is 266 g/mol. The van der Waals surface area contributed by atoms with E-state index in [2.05, 4.69) is 28.6 Å². The van der Waals surface area contributed by atoms with Crippen molar-refractivity contribution in [2.24, 2.45) is 5.10 Å². The Kier molecular flexibility index (Phi) is 4.40. The van der Waals surface area contributed by atoms with Gasteiger partial charge in [0, 0.05) is 19.9 Å². The zero-order valence-corrected chi connectivity index (χ0v) is 12.9. The van der Waals surface area contributed by atoms with Gasteiger partial charge in [-0.25, -0.2) is 5.01 Å². The third kappa shape index (κ3) is 3.48. The van der Waals surface area contributed by atoms with E-state index in [9.17, 15) is 9.59 Å². The summed E-state index contributed by atoms with van der Waals surface area (Å²) in [6, 6.07) is 6.10. The molecule has 1 unspecified atom stereocenters. The van der Waals surface area contributed by atoms with E-state index in [1.54, 1.807) is 7.05 Å². The molecule has 0 spiro atoms. The van der Waals surface area contributed by atoms with Crippen molar-refractivity contribution < 1.29 is 9.59 Å². The minimum atomic E-state index is -0.206.